The highest BCUT2D eigenvalue weighted by Crippen LogP contribution is 2.26. The van der Waals surface area contributed by atoms with E-state index in [4.69, 9.17) is 32.8 Å². The van der Waals surface area contributed by atoms with Gasteiger partial charge >= 0.3 is 0 Å². The predicted octanol–water partition coefficient (Wildman–Crippen LogP) is 3.22. The molecule has 18 heavy (non-hydrogen) atoms. The minimum absolute atomic E-state index is 0.159. The van der Waals surface area contributed by atoms with Crippen LogP contribution in [0.2, 0.25) is 10.0 Å². The molecule has 4 nitrogen and oxygen atoms in total. The normalized spacial score (nSPS) is 11.2. The van der Waals surface area contributed by atoms with Crippen molar-refractivity contribution in [2.75, 3.05) is 6.61 Å². The molecule has 1 aromatic carbocycles. The second-order valence-corrected chi connectivity index (χ2v) is 5.42. The van der Waals surface area contributed by atoms with E-state index < -0.39 is 5.60 Å². The van der Waals surface area contributed by atoms with Crippen LogP contribution in [0.4, 0.5) is 0 Å². The topological polar surface area (TPSA) is 47.6 Å². The molecule has 1 N–H and O–H groups in total. The quantitative estimate of drug-likeness (QED) is 0.867. The van der Waals surface area contributed by atoms with Crippen LogP contribution in [0.1, 0.15) is 20.8 Å². The maximum atomic E-state index is 11.4. The van der Waals surface area contributed by atoms with Gasteiger partial charge in [0.15, 0.2) is 6.61 Å². The number of halogens is 2. The minimum atomic E-state index is -0.445. The van der Waals surface area contributed by atoms with Gasteiger partial charge in [0.2, 0.25) is 0 Å². The lowest BCUT2D eigenvalue weighted by molar-refractivity contribution is -0.147. The number of hydrogen-bond acceptors (Lipinski definition) is 3. The fourth-order valence-electron chi connectivity index (χ4n) is 0.955. The first-order valence-electron chi connectivity index (χ1n) is 5.32. The van der Waals surface area contributed by atoms with Crippen LogP contribution < -0.4 is 10.2 Å². The molecule has 0 aliphatic rings. The lowest BCUT2D eigenvalue weighted by Crippen LogP contribution is -2.36. The lowest BCUT2D eigenvalue weighted by Gasteiger charge is -2.18. The van der Waals surface area contributed by atoms with Crippen molar-refractivity contribution in [2.24, 2.45) is 0 Å². The summed E-state index contributed by atoms with van der Waals surface area (Å²) < 4.78 is 5.23. The summed E-state index contributed by atoms with van der Waals surface area (Å²) in [5.41, 5.74) is 1.85. The summed E-state index contributed by atoms with van der Waals surface area (Å²) in [4.78, 5) is 16.5. The van der Waals surface area contributed by atoms with Crippen LogP contribution in [-0.4, -0.2) is 18.1 Å². The molecule has 0 radical (unpaired) electrons. The van der Waals surface area contributed by atoms with E-state index in [0.717, 1.165) is 0 Å². The van der Waals surface area contributed by atoms with Gasteiger partial charge in [0, 0.05) is 6.07 Å². The van der Waals surface area contributed by atoms with Crippen LogP contribution in [-0.2, 0) is 9.63 Å². The average molecular weight is 292 g/mol. The van der Waals surface area contributed by atoms with Crippen molar-refractivity contribution in [1.29, 1.82) is 0 Å². The summed E-state index contributed by atoms with van der Waals surface area (Å²) in [5, 5.41) is 0.810. The Labute approximate surface area is 116 Å². The van der Waals surface area contributed by atoms with Gasteiger partial charge in [-0.25, -0.2) is 5.48 Å². The third kappa shape index (κ3) is 5.58. The van der Waals surface area contributed by atoms with Crippen molar-refractivity contribution in [2.45, 2.75) is 26.4 Å². The van der Waals surface area contributed by atoms with Crippen LogP contribution in [0.15, 0.2) is 18.2 Å². The van der Waals surface area contributed by atoms with E-state index in [1.807, 2.05) is 20.8 Å². The van der Waals surface area contributed by atoms with Gasteiger partial charge < -0.3 is 4.74 Å². The van der Waals surface area contributed by atoms with Crippen molar-refractivity contribution in [1.82, 2.24) is 5.48 Å². The summed E-state index contributed by atoms with van der Waals surface area (Å²) >= 11 is 11.6. The molecule has 1 rings (SSSR count). The number of rotatable bonds is 4. The highest BCUT2D eigenvalue weighted by molar-refractivity contribution is 6.42. The first kappa shape index (κ1) is 15.1. The Morgan fingerprint density at radius 1 is 1.28 bits per heavy atom. The van der Waals surface area contributed by atoms with E-state index in [1.54, 1.807) is 18.2 Å². The van der Waals surface area contributed by atoms with E-state index in [1.165, 1.54) is 0 Å². The third-order valence-electron chi connectivity index (χ3n) is 1.73. The Morgan fingerprint density at radius 3 is 2.50 bits per heavy atom. The average Bonchev–Trinajstić information content (AvgIpc) is 2.27. The zero-order valence-electron chi connectivity index (χ0n) is 10.4. The zero-order chi connectivity index (χ0) is 13.8. The molecule has 0 saturated heterocycles. The van der Waals surface area contributed by atoms with Crippen LogP contribution in [0, 0.1) is 0 Å². The molecule has 0 saturated carbocycles. The van der Waals surface area contributed by atoms with Gasteiger partial charge in [0.05, 0.1) is 15.6 Å². The Balaban J connectivity index is 2.40. The first-order chi connectivity index (χ1) is 8.28. The third-order valence-corrected chi connectivity index (χ3v) is 2.47. The van der Waals surface area contributed by atoms with E-state index in [9.17, 15) is 4.79 Å². The number of carbonyl (C=O) groups excluding carboxylic acids is 1. The molecule has 0 unspecified atom stereocenters. The molecule has 0 aliphatic heterocycles. The van der Waals surface area contributed by atoms with Crippen molar-refractivity contribution in [3.63, 3.8) is 0 Å². The van der Waals surface area contributed by atoms with Gasteiger partial charge in [0.1, 0.15) is 5.75 Å². The molecular weight excluding hydrogens is 277 g/mol. The second-order valence-electron chi connectivity index (χ2n) is 4.60. The maximum absolute atomic E-state index is 11.4. The number of ether oxygens (including phenoxy) is 1. The highest BCUT2D eigenvalue weighted by Gasteiger charge is 2.13. The van der Waals surface area contributed by atoms with Gasteiger partial charge in [-0.2, -0.15) is 0 Å². The van der Waals surface area contributed by atoms with Gasteiger partial charge in [-0.1, -0.05) is 23.2 Å². The molecule has 0 aliphatic carbocycles. The second kappa shape index (κ2) is 6.27. The van der Waals surface area contributed by atoms with Crippen molar-refractivity contribution in [3.05, 3.63) is 28.2 Å². The number of benzene rings is 1. The molecular formula is C12H15Cl2NO3. The van der Waals surface area contributed by atoms with E-state index in [-0.39, 0.29) is 12.5 Å². The van der Waals surface area contributed by atoms with Gasteiger partial charge in [-0.3, -0.25) is 9.63 Å². The molecule has 0 bridgehead atoms. The summed E-state index contributed by atoms with van der Waals surface area (Å²) in [5.74, 6) is 0.0892. The van der Waals surface area contributed by atoms with E-state index in [2.05, 4.69) is 5.48 Å². The van der Waals surface area contributed by atoms with E-state index in [0.29, 0.717) is 15.8 Å². The van der Waals surface area contributed by atoms with Gasteiger partial charge in [-0.15, -0.1) is 0 Å². The zero-order valence-corrected chi connectivity index (χ0v) is 11.9. The van der Waals surface area contributed by atoms with Crippen LogP contribution in [0.3, 0.4) is 0 Å². The molecule has 1 amide bonds. The maximum Gasteiger partial charge on any atom is 0.281 e. The molecule has 0 heterocycles. The van der Waals surface area contributed by atoms with Crippen LogP contribution in [0.25, 0.3) is 0 Å². The Kier molecular flexibility index (Phi) is 5.26. The minimum Gasteiger partial charge on any atom is -0.484 e. The number of hydrogen-bond donors (Lipinski definition) is 1. The monoisotopic (exact) mass is 291 g/mol. The molecule has 0 spiro atoms. The number of nitrogens with one attached hydrogen (secondary N) is 1. The highest BCUT2D eigenvalue weighted by atomic mass is 35.5. The Morgan fingerprint density at radius 2 is 1.94 bits per heavy atom. The summed E-state index contributed by atoms with van der Waals surface area (Å²) in [7, 11) is 0. The molecule has 1 aromatic rings. The molecule has 6 heteroatoms. The predicted molar refractivity (Wildman–Crippen MR) is 70.9 cm³/mol. The van der Waals surface area contributed by atoms with Crippen LogP contribution in [0.5, 0.6) is 5.75 Å². The van der Waals surface area contributed by atoms with Crippen LogP contribution >= 0.6 is 23.2 Å². The lowest BCUT2D eigenvalue weighted by atomic mass is 10.2. The molecule has 0 fully saturated rings. The summed E-state index contributed by atoms with van der Waals surface area (Å²) in [6.45, 7) is 5.32. The summed E-state index contributed by atoms with van der Waals surface area (Å²) in [6, 6.07) is 4.77. The fourth-order valence-corrected chi connectivity index (χ4v) is 1.24. The molecule has 0 atom stereocenters. The van der Waals surface area contributed by atoms with E-state index >= 15 is 0 Å². The van der Waals surface area contributed by atoms with Gasteiger partial charge in [0.25, 0.3) is 5.91 Å². The standard InChI is InChI=1S/C12H15Cl2NO3/c1-12(2,3)18-15-11(16)7-17-8-4-5-9(13)10(14)6-8/h4-6H,7H2,1-3H3,(H,15,16). The van der Waals surface area contributed by atoms with Crippen molar-refractivity contribution < 1.29 is 14.4 Å². The SMILES string of the molecule is CC(C)(C)ONC(=O)COc1ccc(Cl)c(Cl)c1. The Hall–Kier alpha value is -0.970. The first-order valence-corrected chi connectivity index (χ1v) is 6.08. The summed E-state index contributed by atoms with van der Waals surface area (Å²) in [6.07, 6.45) is 0. The fraction of sp³-hybridized carbons (Fsp3) is 0.417. The van der Waals surface area contributed by atoms with Crippen molar-refractivity contribution >= 4 is 29.1 Å². The number of amides is 1. The Bertz CT molecular complexity index is 430. The number of carbonyl (C=O) groups is 1. The number of hydroxylamine groups is 1. The molecule has 100 valence electrons. The molecule has 0 aromatic heterocycles. The van der Waals surface area contributed by atoms with Crippen molar-refractivity contribution in [3.8, 4) is 5.75 Å². The largest absolute Gasteiger partial charge is 0.484 e. The van der Waals surface area contributed by atoms with Gasteiger partial charge in [-0.05, 0) is 32.9 Å². The smallest absolute Gasteiger partial charge is 0.281 e.